The van der Waals surface area contributed by atoms with Crippen LogP contribution in [0.1, 0.15) is 21.7 Å². The van der Waals surface area contributed by atoms with Crippen LogP contribution < -0.4 is 0 Å². The van der Waals surface area contributed by atoms with Crippen LogP contribution in [0.2, 0.25) is 5.02 Å². The van der Waals surface area contributed by atoms with Crippen LogP contribution in [0.5, 0.6) is 0 Å². The number of ether oxygens (including phenoxy) is 1. The molecule has 7 heteroatoms. The first-order valence-electron chi connectivity index (χ1n) is 5.95. The summed E-state index contributed by atoms with van der Waals surface area (Å²) in [7, 11) is 0. The number of carboxylic acids is 1. The summed E-state index contributed by atoms with van der Waals surface area (Å²) in [6.07, 6.45) is 0.546. The number of rotatable bonds is 2. The Morgan fingerprint density at radius 1 is 1.50 bits per heavy atom. The molecule has 1 aliphatic heterocycles. The minimum atomic E-state index is -1.11. The first-order valence-corrected chi connectivity index (χ1v) is 6.33. The van der Waals surface area contributed by atoms with E-state index in [1.54, 1.807) is 0 Å². The molecule has 5 nitrogen and oxygen atoms in total. The van der Waals surface area contributed by atoms with Crippen molar-refractivity contribution < 1.29 is 19.0 Å². The Balaban J connectivity index is 2.18. The summed E-state index contributed by atoms with van der Waals surface area (Å²) in [5, 5.41) is 13.2. The Kier molecular flexibility index (Phi) is 3.19. The number of hydrogen-bond donors (Lipinski definition) is 1. The number of carbonyl (C=O) groups is 1. The topological polar surface area (TPSA) is 64.3 Å². The third-order valence-electron chi connectivity index (χ3n) is 3.17. The van der Waals surface area contributed by atoms with Gasteiger partial charge in [-0.25, -0.2) is 13.9 Å². The predicted molar refractivity (Wildman–Crippen MR) is 68.9 cm³/mol. The molecule has 2 aromatic rings. The number of halogens is 2. The number of hydrogen-bond acceptors (Lipinski definition) is 3. The lowest BCUT2D eigenvalue weighted by Crippen LogP contribution is -2.13. The van der Waals surface area contributed by atoms with E-state index in [4.69, 9.17) is 16.3 Å². The highest BCUT2D eigenvalue weighted by Gasteiger charge is 2.25. The Morgan fingerprint density at radius 2 is 2.30 bits per heavy atom. The van der Waals surface area contributed by atoms with Crippen molar-refractivity contribution in [2.24, 2.45) is 0 Å². The van der Waals surface area contributed by atoms with Gasteiger partial charge in [0, 0.05) is 12.0 Å². The first kappa shape index (κ1) is 13.1. The number of fused-ring (bicyclic) bond motifs is 1. The molecule has 0 saturated carbocycles. The average Bonchev–Trinajstić information content (AvgIpc) is 2.82. The van der Waals surface area contributed by atoms with Gasteiger partial charge in [0.1, 0.15) is 5.82 Å². The lowest BCUT2D eigenvalue weighted by atomic mass is 10.1. The standard InChI is InChI=1S/C13H10ClFN2O3/c14-9-5-7(1-2-10(9)15)17-11-3-4-20-6-8(11)12(16-17)13(18)19/h1-2,5H,3-4,6H2,(H,18,19). The molecule has 0 saturated heterocycles. The second-order valence-corrected chi connectivity index (χ2v) is 4.80. The minimum Gasteiger partial charge on any atom is -0.476 e. The summed E-state index contributed by atoms with van der Waals surface area (Å²) in [6.45, 7) is 0.707. The van der Waals surface area contributed by atoms with Crippen molar-refractivity contribution in [3.8, 4) is 5.69 Å². The molecule has 1 aliphatic rings. The molecule has 0 amide bonds. The van der Waals surface area contributed by atoms with Gasteiger partial charge in [-0.1, -0.05) is 11.6 Å². The first-order chi connectivity index (χ1) is 9.58. The molecule has 0 aliphatic carbocycles. The summed E-state index contributed by atoms with van der Waals surface area (Å²) < 4.78 is 20.0. The highest BCUT2D eigenvalue weighted by Crippen LogP contribution is 2.26. The van der Waals surface area contributed by atoms with Crippen molar-refractivity contribution >= 4 is 17.6 Å². The number of benzene rings is 1. The van der Waals surface area contributed by atoms with Gasteiger partial charge in [0.05, 0.1) is 29.6 Å². The molecule has 1 N–H and O–H groups in total. The maximum atomic E-state index is 13.2. The SMILES string of the molecule is O=C(O)c1nn(-c2ccc(F)c(Cl)c2)c2c1COCC2. The second kappa shape index (κ2) is 4.88. The van der Waals surface area contributed by atoms with Crippen LogP contribution >= 0.6 is 11.6 Å². The van der Waals surface area contributed by atoms with Gasteiger partial charge in [-0.2, -0.15) is 5.10 Å². The van der Waals surface area contributed by atoms with Crippen molar-refractivity contribution in [3.63, 3.8) is 0 Å². The van der Waals surface area contributed by atoms with Crippen LogP contribution in [-0.2, 0) is 17.8 Å². The Bertz CT molecular complexity index is 699. The zero-order chi connectivity index (χ0) is 14.3. The van der Waals surface area contributed by atoms with E-state index in [0.29, 0.717) is 24.3 Å². The molecular weight excluding hydrogens is 287 g/mol. The van der Waals surface area contributed by atoms with E-state index in [1.807, 2.05) is 0 Å². The van der Waals surface area contributed by atoms with E-state index in [-0.39, 0.29) is 17.3 Å². The van der Waals surface area contributed by atoms with Crippen molar-refractivity contribution in [2.75, 3.05) is 6.61 Å². The maximum absolute atomic E-state index is 13.2. The summed E-state index contributed by atoms with van der Waals surface area (Å²) in [4.78, 5) is 11.2. The molecule has 3 rings (SSSR count). The maximum Gasteiger partial charge on any atom is 0.356 e. The number of carboxylic acid groups (broad SMARTS) is 1. The van der Waals surface area contributed by atoms with Gasteiger partial charge >= 0.3 is 5.97 Å². The van der Waals surface area contributed by atoms with Crippen LogP contribution in [0.15, 0.2) is 18.2 Å². The zero-order valence-electron chi connectivity index (χ0n) is 10.3. The summed E-state index contributed by atoms with van der Waals surface area (Å²) >= 11 is 5.76. The Hall–Kier alpha value is -1.92. The van der Waals surface area contributed by atoms with Gasteiger partial charge in [0.25, 0.3) is 0 Å². The second-order valence-electron chi connectivity index (χ2n) is 4.39. The lowest BCUT2D eigenvalue weighted by Gasteiger charge is -2.14. The molecule has 0 radical (unpaired) electrons. The summed E-state index contributed by atoms with van der Waals surface area (Å²) in [6, 6.07) is 4.16. The highest BCUT2D eigenvalue weighted by molar-refractivity contribution is 6.30. The van der Waals surface area contributed by atoms with Gasteiger partial charge < -0.3 is 9.84 Å². The smallest absolute Gasteiger partial charge is 0.356 e. The van der Waals surface area contributed by atoms with Crippen LogP contribution in [0.3, 0.4) is 0 Å². The fourth-order valence-corrected chi connectivity index (χ4v) is 2.41. The van der Waals surface area contributed by atoms with Gasteiger partial charge in [-0.15, -0.1) is 0 Å². The fourth-order valence-electron chi connectivity index (χ4n) is 2.24. The molecule has 0 atom stereocenters. The van der Waals surface area contributed by atoms with E-state index in [0.717, 1.165) is 5.69 Å². The van der Waals surface area contributed by atoms with Crippen LogP contribution in [0.25, 0.3) is 5.69 Å². The molecule has 1 aromatic carbocycles. The van der Waals surface area contributed by atoms with E-state index < -0.39 is 11.8 Å². The van der Waals surface area contributed by atoms with E-state index >= 15 is 0 Å². The quantitative estimate of drug-likeness (QED) is 0.924. The van der Waals surface area contributed by atoms with Gasteiger partial charge in [-0.05, 0) is 18.2 Å². The Labute approximate surface area is 118 Å². The molecule has 104 valence electrons. The van der Waals surface area contributed by atoms with E-state index in [9.17, 15) is 14.3 Å². The number of nitrogens with zero attached hydrogens (tertiary/aromatic N) is 2. The van der Waals surface area contributed by atoms with Crippen molar-refractivity contribution in [1.82, 2.24) is 9.78 Å². The molecule has 20 heavy (non-hydrogen) atoms. The van der Waals surface area contributed by atoms with Gasteiger partial charge in [0.15, 0.2) is 5.69 Å². The van der Waals surface area contributed by atoms with E-state index in [1.165, 1.54) is 22.9 Å². The minimum absolute atomic E-state index is 0.0318. The predicted octanol–water partition coefficient (Wildman–Crippen LogP) is 2.44. The normalized spacial score (nSPS) is 14.1. The van der Waals surface area contributed by atoms with Crippen molar-refractivity contribution in [2.45, 2.75) is 13.0 Å². The lowest BCUT2D eigenvalue weighted by molar-refractivity contribution is 0.0677. The van der Waals surface area contributed by atoms with Crippen molar-refractivity contribution in [1.29, 1.82) is 0 Å². The fraction of sp³-hybridized carbons (Fsp3) is 0.231. The molecular formula is C13H10ClFN2O3. The molecule has 1 aromatic heterocycles. The largest absolute Gasteiger partial charge is 0.476 e. The number of aromatic carboxylic acids is 1. The molecule has 2 heterocycles. The zero-order valence-corrected chi connectivity index (χ0v) is 11.0. The van der Waals surface area contributed by atoms with Crippen LogP contribution in [-0.4, -0.2) is 27.5 Å². The molecule has 0 bridgehead atoms. The van der Waals surface area contributed by atoms with Crippen molar-refractivity contribution in [3.05, 3.63) is 46.0 Å². The summed E-state index contributed by atoms with van der Waals surface area (Å²) in [5.74, 6) is -1.64. The van der Waals surface area contributed by atoms with Gasteiger partial charge in [0.2, 0.25) is 0 Å². The molecule has 0 fully saturated rings. The third-order valence-corrected chi connectivity index (χ3v) is 3.46. The third kappa shape index (κ3) is 2.07. The van der Waals surface area contributed by atoms with Gasteiger partial charge in [-0.3, -0.25) is 0 Å². The number of aromatic nitrogens is 2. The monoisotopic (exact) mass is 296 g/mol. The Morgan fingerprint density at radius 3 is 3.00 bits per heavy atom. The van der Waals surface area contributed by atoms with Crippen LogP contribution in [0.4, 0.5) is 4.39 Å². The molecule has 0 unspecified atom stereocenters. The summed E-state index contributed by atoms with van der Waals surface area (Å²) in [5.41, 5.74) is 1.81. The average molecular weight is 297 g/mol. The highest BCUT2D eigenvalue weighted by atomic mass is 35.5. The van der Waals surface area contributed by atoms with Crippen LogP contribution in [0, 0.1) is 5.82 Å². The van der Waals surface area contributed by atoms with E-state index in [2.05, 4.69) is 5.10 Å². The molecule has 0 spiro atoms.